The zero-order chi connectivity index (χ0) is 23.4. The molecule has 1 saturated heterocycles. The molecule has 5 rings (SSSR count). The third-order valence-electron chi connectivity index (χ3n) is 6.70. The summed E-state index contributed by atoms with van der Waals surface area (Å²) in [6, 6.07) is 3.42. The Balaban J connectivity index is 0.00000274. The van der Waals surface area contributed by atoms with E-state index >= 15 is 0 Å². The van der Waals surface area contributed by atoms with Crippen LogP contribution in [0.3, 0.4) is 0 Å². The van der Waals surface area contributed by atoms with Gasteiger partial charge in [0.2, 0.25) is 5.82 Å². The number of hydrogen-bond donors (Lipinski definition) is 0. The first-order valence-electron chi connectivity index (χ1n) is 10.7. The Morgan fingerprint density at radius 2 is 2.06 bits per heavy atom. The van der Waals surface area contributed by atoms with Crippen LogP contribution in [0, 0.1) is 18.7 Å². The van der Waals surface area contributed by atoms with Gasteiger partial charge < -0.3 is 13.9 Å². The number of oxazole rings is 1. The molecule has 0 radical (unpaired) electrons. The number of rotatable bonds is 7. The van der Waals surface area contributed by atoms with Gasteiger partial charge >= 0.3 is 6.18 Å². The van der Waals surface area contributed by atoms with Gasteiger partial charge in [0, 0.05) is 31.3 Å². The average Bonchev–Trinajstić information content (AvgIpc) is 3.05. The first kappa shape index (κ1) is 25.0. The third kappa shape index (κ3) is 4.45. The number of aryl methyl sites for hydroxylation is 1. The second-order valence-electron chi connectivity index (χ2n) is 8.82. The lowest BCUT2D eigenvalue weighted by molar-refractivity contribution is -0.140. The molecule has 2 aliphatic rings. The molecule has 3 aromatic rings. The fraction of sp³-hybridized carbons (Fsp3) is 0.500. The second-order valence-corrected chi connectivity index (χ2v) is 9.88. The number of hydrogen-bond acceptors (Lipinski definition) is 6. The standard InChI is InChI=1S/C22H23F4N5OS.ClH/c1-13-18(32-12-27-13)19-28-29-20(30(19)2)33-7-3-6-31-10-15-9-21(15,11-31)14-4-5-16(17(23)8-14)22(24,25)26;/h4-5,8,12,15H,3,6-7,9-11H2,1-2H3;1H/t15-,21+;/m1./s1. The van der Waals surface area contributed by atoms with Gasteiger partial charge in [0.25, 0.3) is 0 Å². The monoisotopic (exact) mass is 517 g/mol. The van der Waals surface area contributed by atoms with Gasteiger partial charge in [0.05, 0.1) is 11.3 Å². The molecule has 0 N–H and O–H groups in total. The number of alkyl halides is 3. The van der Waals surface area contributed by atoms with Crippen molar-refractivity contribution in [3.63, 3.8) is 0 Å². The fourth-order valence-corrected chi connectivity index (χ4v) is 5.70. The van der Waals surface area contributed by atoms with E-state index in [1.165, 1.54) is 12.5 Å². The van der Waals surface area contributed by atoms with Gasteiger partial charge in [-0.05, 0) is 49.9 Å². The van der Waals surface area contributed by atoms with Gasteiger partial charge in [-0.1, -0.05) is 17.8 Å². The number of benzene rings is 1. The zero-order valence-electron chi connectivity index (χ0n) is 18.6. The van der Waals surface area contributed by atoms with E-state index in [1.807, 2.05) is 18.5 Å². The van der Waals surface area contributed by atoms with Gasteiger partial charge in [-0.3, -0.25) is 0 Å². The van der Waals surface area contributed by atoms with Crippen LogP contribution in [0.5, 0.6) is 0 Å². The molecule has 2 aromatic heterocycles. The SMILES string of the molecule is Cc1ncoc1-c1nnc(SCCCN2C[C@H]3C[C@@]3(c3ccc(C(F)(F)F)c(F)c3)C2)n1C.Cl. The van der Waals surface area contributed by atoms with Crippen LogP contribution in [0.25, 0.3) is 11.6 Å². The van der Waals surface area contributed by atoms with Crippen LogP contribution in [0.1, 0.15) is 29.7 Å². The van der Waals surface area contributed by atoms with E-state index in [0.29, 0.717) is 23.1 Å². The van der Waals surface area contributed by atoms with E-state index in [0.717, 1.165) is 61.2 Å². The maximum Gasteiger partial charge on any atom is 0.419 e. The molecule has 1 aromatic carbocycles. The van der Waals surface area contributed by atoms with E-state index in [4.69, 9.17) is 4.42 Å². The van der Waals surface area contributed by atoms with Crippen LogP contribution in [-0.2, 0) is 18.6 Å². The Hall–Kier alpha value is -2.11. The van der Waals surface area contributed by atoms with E-state index < -0.39 is 17.6 Å². The van der Waals surface area contributed by atoms with Crippen molar-refractivity contribution in [1.82, 2.24) is 24.6 Å². The summed E-state index contributed by atoms with van der Waals surface area (Å²) in [7, 11) is 1.89. The van der Waals surface area contributed by atoms with E-state index in [9.17, 15) is 17.6 Å². The molecule has 1 aliphatic carbocycles. The molecule has 2 atom stereocenters. The predicted octanol–water partition coefficient (Wildman–Crippen LogP) is 5.11. The number of fused-ring (bicyclic) bond motifs is 1. The van der Waals surface area contributed by atoms with Crippen molar-refractivity contribution in [2.75, 3.05) is 25.4 Å². The summed E-state index contributed by atoms with van der Waals surface area (Å²) in [5.74, 6) is 1.30. The first-order chi connectivity index (χ1) is 15.7. The highest BCUT2D eigenvalue weighted by Gasteiger charge is 2.60. The zero-order valence-corrected chi connectivity index (χ0v) is 20.2. The Labute approximate surface area is 204 Å². The minimum absolute atomic E-state index is 0. The molecule has 1 aliphatic heterocycles. The van der Waals surface area contributed by atoms with Gasteiger partial charge in [0.1, 0.15) is 5.82 Å². The summed E-state index contributed by atoms with van der Waals surface area (Å²) in [6.07, 6.45) is -1.44. The van der Waals surface area contributed by atoms with E-state index in [1.54, 1.807) is 11.8 Å². The van der Waals surface area contributed by atoms with E-state index in [-0.39, 0.29) is 17.8 Å². The highest BCUT2D eigenvalue weighted by Crippen LogP contribution is 2.59. The largest absolute Gasteiger partial charge is 0.440 e. The van der Waals surface area contributed by atoms with Crippen LogP contribution >= 0.6 is 24.2 Å². The van der Waals surface area contributed by atoms with Crippen LogP contribution in [0.4, 0.5) is 17.6 Å². The summed E-state index contributed by atoms with van der Waals surface area (Å²) in [4.78, 5) is 6.41. The van der Waals surface area contributed by atoms with Crippen LogP contribution < -0.4 is 0 Å². The summed E-state index contributed by atoms with van der Waals surface area (Å²) in [5, 5.41) is 9.25. The normalized spacial score (nSPS) is 22.0. The second kappa shape index (κ2) is 9.16. The molecule has 0 amide bonds. The Bertz CT molecular complexity index is 1180. The highest BCUT2D eigenvalue weighted by molar-refractivity contribution is 7.99. The first-order valence-corrected chi connectivity index (χ1v) is 11.7. The predicted molar refractivity (Wildman–Crippen MR) is 121 cm³/mol. The molecular formula is C22H24ClF4N5OS. The molecule has 0 spiro atoms. The Morgan fingerprint density at radius 3 is 2.74 bits per heavy atom. The third-order valence-corrected chi connectivity index (χ3v) is 7.81. The molecule has 12 heteroatoms. The van der Waals surface area contributed by atoms with Gasteiger partial charge in [-0.25, -0.2) is 9.37 Å². The van der Waals surface area contributed by atoms with Crippen molar-refractivity contribution in [1.29, 1.82) is 0 Å². The van der Waals surface area contributed by atoms with Crippen molar-refractivity contribution >= 4 is 24.2 Å². The number of halogens is 5. The fourth-order valence-electron chi connectivity index (χ4n) is 4.87. The molecule has 3 heterocycles. The number of likely N-dealkylation sites (tertiary alicyclic amines) is 1. The minimum atomic E-state index is -4.67. The van der Waals surface area contributed by atoms with Crippen molar-refractivity contribution in [3.8, 4) is 11.6 Å². The van der Waals surface area contributed by atoms with Crippen molar-refractivity contribution < 1.29 is 22.0 Å². The Morgan fingerprint density at radius 1 is 1.26 bits per heavy atom. The summed E-state index contributed by atoms with van der Waals surface area (Å²) in [5.41, 5.74) is 0.0452. The van der Waals surface area contributed by atoms with Crippen LogP contribution in [0.2, 0.25) is 0 Å². The highest BCUT2D eigenvalue weighted by atomic mass is 35.5. The number of nitrogens with zero attached hydrogens (tertiary/aromatic N) is 5. The smallest absolute Gasteiger partial charge is 0.419 e. The number of thioether (sulfide) groups is 1. The maximum atomic E-state index is 14.1. The summed E-state index contributed by atoms with van der Waals surface area (Å²) < 4.78 is 60.0. The minimum Gasteiger partial charge on any atom is -0.440 e. The molecule has 34 heavy (non-hydrogen) atoms. The number of aromatic nitrogens is 4. The molecule has 184 valence electrons. The van der Waals surface area contributed by atoms with E-state index in [2.05, 4.69) is 20.1 Å². The quantitative estimate of drug-likeness (QED) is 0.246. The van der Waals surface area contributed by atoms with Gasteiger partial charge in [0.15, 0.2) is 17.3 Å². The number of piperidine rings is 1. The Kier molecular flexibility index (Phi) is 6.73. The molecule has 6 nitrogen and oxygen atoms in total. The van der Waals surface area contributed by atoms with Gasteiger partial charge in [-0.15, -0.1) is 22.6 Å². The summed E-state index contributed by atoms with van der Waals surface area (Å²) in [6.45, 7) is 4.38. The molecular weight excluding hydrogens is 494 g/mol. The lowest BCUT2D eigenvalue weighted by atomic mass is 9.93. The topological polar surface area (TPSA) is 60.0 Å². The molecule has 0 unspecified atom stereocenters. The lowest BCUT2D eigenvalue weighted by Crippen LogP contribution is -2.28. The van der Waals surface area contributed by atoms with Crippen LogP contribution in [0.15, 0.2) is 34.2 Å². The molecule has 2 fully saturated rings. The van der Waals surface area contributed by atoms with Crippen molar-refractivity contribution in [2.45, 2.75) is 36.5 Å². The molecule has 1 saturated carbocycles. The lowest BCUT2D eigenvalue weighted by Gasteiger charge is -2.21. The average molecular weight is 518 g/mol. The van der Waals surface area contributed by atoms with Gasteiger partial charge in [-0.2, -0.15) is 13.2 Å². The van der Waals surface area contributed by atoms with Crippen LogP contribution in [-0.4, -0.2) is 50.0 Å². The van der Waals surface area contributed by atoms with Crippen molar-refractivity contribution in [3.05, 3.63) is 47.2 Å². The maximum absolute atomic E-state index is 14.1. The molecule has 0 bridgehead atoms. The summed E-state index contributed by atoms with van der Waals surface area (Å²) >= 11 is 1.61. The van der Waals surface area contributed by atoms with Crippen molar-refractivity contribution in [2.24, 2.45) is 13.0 Å².